The van der Waals surface area contributed by atoms with Gasteiger partial charge in [0.1, 0.15) is 26.9 Å². The zero-order valence-electron chi connectivity index (χ0n) is 34.0. The van der Waals surface area contributed by atoms with Crippen LogP contribution in [0.1, 0.15) is 58.2 Å². The number of methoxy groups -OCH3 is 2. The van der Waals surface area contributed by atoms with Crippen LogP contribution in [0.25, 0.3) is 0 Å². The third kappa shape index (κ3) is 12.3. The maximum absolute atomic E-state index is 15.3. The first-order chi connectivity index (χ1) is 26.5. The van der Waals surface area contributed by atoms with E-state index in [-0.39, 0.29) is 49.3 Å². The Morgan fingerprint density at radius 1 is 0.860 bits per heavy atom. The molecule has 3 aromatic rings. The minimum absolute atomic E-state index is 0.00912. The Labute approximate surface area is 351 Å². The molecule has 0 radical (unpaired) electrons. The number of halogens is 1. The zero-order valence-corrected chi connectivity index (χ0v) is 38.8. The first kappa shape index (κ1) is 46.2. The van der Waals surface area contributed by atoms with Gasteiger partial charge < -0.3 is 24.0 Å². The SMILES string of the molecule is COc1ccc(CN(Cc2ccc(OC)cc2)S(=O)(=O)c2c(S(=O)(=O)NC[C@@H](CNC(=O)OC(C)(C)C)O[Si](C)(C)C(C)(C)C)ccc(I)c2C2=NCN=N2)cc1. The molecule has 0 fully saturated rings. The predicted octanol–water partition coefficient (Wildman–Crippen LogP) is 7.06. The van der Waals surface area contributed by atoms with E-state index in [2.05, 4.69) is 25.3 Å². The summed E-state index contributed by atoms with van der Waals surface area (Å²) in [5.74, 6) is 1.17. The summed E-state index contributed by atoms with van der Waals surface area (Å²) in [5.41, 5.74) is 0.506. The first-order valence-electron chi connectivity index (χ1n) is 18.1. The van der Waals surface area contributed by atoms with Gasteiger partial charge in [-0.05, 0) is 109 Å². The van der Waals surface area contributed by atoms with Crippen molar-refractivity contribution < 1.29 is 40.3 Å². The highest BCUT2D eigenvalue weighted by atomic mass is 127. The molecule has 1 aliphatic rings. The number of amides is 1. The van der Waals surface area contributed by atoms with Crippen LogP contribution in [0.4, 0.5) is 4.79 Å². The molecule has 0 spiro atoms. The van der Waals surface area contributed by atoms with E-state index in [9.17, 15) is 13.2 Å². The second kappa shape index (κ2) is 18.6. The van der Waals surface area contributed by atoms with E-state index in [4.69, 9.17) is 18.6 Å². The van der Waals surface area contributed by atoms with E-state index in [1.54, 1.807) is 69.3 Å². The predicted molar refractivity (Wildman–Crippen MR) is 229 cm³/mol. The number of nitrogens with one attached hydrogen (secondary N) is 2. The summed E-state index contributed by atoms with van der Waals surface area (Å²) >= 11 is 1.95. The van der Waals surface area contributed by atoms with E-state index in [0.29, 0.717) is 26.2 Å². The number of hydrogen-bond donors (Lipinski definition) is 2. The topological polar surface area (TPSA) is 187 Å². The summed E-state index contributed by atoms with van der Waals surface area (Å²) in [6.45, 7) is 14.7. The maximum atomic E-state index is 15.3. The molecule has 4 rings (SSSR count). The molecule has 0 unspecified atom stereocenters. The molecule has 0 aliphatic carbocycles. The standard InChI is InChI=1S/C38H53IN6O9S2Si/c1-37(2,3)53-36(46)40-21-30(54-57(9,10)38(4,5)6)22-43-55(47,48)32-20-19-31(39)33(35-41-25-42-44-35)34(32)56(49,50)45(23-26-11-15-28(51-7)16-12-26)24-27-13-17-29(52-8)18-14-27/h11-20,30,43H,21-25H2,1-10H3,(H,40,46)/t30-/m1/s1. The van der Waals surface area contributed by atoms with Crippen molar-refractivity contribution in [1.29, 1.82) is 0 Å². The molecule has 15 nitrogen and oxygen atoms in total. The van der Waals surface area contributed by atoms with Crippen molar-refractivity contribution in [3.05, 3.63) is 80.9 Å². The molecular weight excluding hydrogens is 904 g/mol. The van der Waals surface area contributed by atoms with Crippen molar-refractivity contribution in [1.82, 2.24) is 14.3 Å². The van der Waals surface area contributed by atoms with Crippen LogP contribution in [0.5, 0.6) is 11.5 Å². The number of carbonyl (C=O) groups is 1. The Bertz CT molecular complexity index is 2120. The molecule has 3 aromatic carbocycles. The van der Waals surface area contributed by atoms with Crippen LogP contribution in [0, 0.1) is 3.57 Å². The van der Waals surface area contributed by atoms with Crippen LogP contribution < -0.4 is 19.5 Å². The Morgan fingerprint density at radius 2 is 1.40 bits per heavy atom. The van der Waals surface area contributed by atoms with Crippen molar-refractivity contribution in [2.24, 2.45) is 15.2 Å². The Morgan fingerprint density at radius 3 is 1.86 bits per heavy atom. The number of ether oxygens (including phenoxy) is 3. The molecule has 0 aromatic heterocycles. The fourth-order valence-electron chi connectivity index (χ4n) is 5.34. The minimum atomic E-state index is -4.69. The molecular formula is C38H53IN6O9S2Si. The van der Waals surface area contributed by atoms with Gasteiger partial charge in [-0.25, -0.2) is 31.3 Å². The number of hydrogen-bond acceptors (Lipinski definition) is 12. The third-order valence-electron chi connectivity index (χ3n) is 9.31. The number of aliphatic imine (C=N–C) groups is 1. The van der Waals surface area contributed by atoms with E-state index < -0.39 is 56.0 Å². The number of azo groups is 1. The quantitative estimate of drug-likeness (QED) is 0.106. The van der Waals surface area contributed by atoms with Crippen LogP contribution in [0.3, 0.4) is 0 Å². The van der Waals surface area contributed by atoms with Gasteiger partial charge in [-0.15, -0.1) is 5.11 Å². The number of nitrogens with zero attached hydrogens (tertiary/aromatic N) is 4. The lowest BCUT2D eigenvalue weighted by molar-refractivity contribution is 0.0498. The van der Waals surface area contributed by atoms with E-state index >= 15 is 8.42 Å². The van der Waals surface area contributed by atoms with Crippen LogP contribution in [-0.2, 0) is 42.3 Å². The van der Waals surface area contributed by atoms with Gasteiger partial charge in [-0.2, -0.15) is 9.42 Å². The van der Waals surface area contributed by atoms with Crippen molar-refractivity contribution in [3.63, 3.8) is 0 Å². The molecule has 312 valence electrons. The van der Waals surface area contributed by atoms with Gasteiger partial charge in [0.15, 0.2) is 20.8 Å². The molecule has 57 heavy (non-hydrogen) atoms. The molecule has 0 saturated heterocycles. The van der Waals surface area contributed by atoms with Crippen LogP contribution in [0.2, 0.25) is 18.1 Å². The van der Waals surface area contributed by atoms with Crippen LogP contribution in [-0.4, -0.2) is 87.1 Å². The van der Waals surface area contributed by atoms with E-state index in [0.717, 1.165) is 0 Å². The fourth-order valence-corrected chi connectivity index (χ4v) is 11.0. The van der Waals surface area contributed by atoms with Gasteiger partial charge in [-0.1, -0.05) is 45.0 Å². The second-order valence-corrected chi connectivity index (χ2v) is 25.3. The maximum Gasteiger partial charge on any atom is 0.407 e. The average Bonchev–Trinajstić information content (AvgIpc) is 3.66. The molecule has 2 N–H and O–H groups in total. The Hall–Kier alpha value is -3.47. The summed E-state index contributed by atoms with van der Waals surface area (Å²) in [6, 6.07) is 16.6. The van der Waals surface area contributed by atoms with Crippen LogP contribution >= 0.6 is 22.6 Å². The van der Waals surface area contributed by atoms with Gasteiger partial charge in [0.05, 0.1) is 25.9 Å². The van der Waals surface area contributed by atoms with Gasteiger partial charge in [-0.3, -0.25) is 0 Å². The van der Waals surface area contributed by atoms with Crippen molar-refractivity contribution in [2.45, 2.75) is 94.3 Å². The lowest BCUT2D eigenvalue weighted by atomic mass is 10.2. The van der Waals surface area contributed by atoms with Gasteiger partial charge >= 0.3 is 6.09 Å². The normalized spacial score (nSPS) is 14.4. The number of sulfonamides is 2. The smallest absolute Gasteiger partial charge is 0.407 e. The van der Waals surface area contributed by atoms with E-state index in [1.807, 2.05) is 56.5 Å². The highest BCUT2D eigenvalue weighted by Crippen LogP contribution is 2.38. The van der Waals surface area contributed by atoms with Gasteiger partial charge in [0.25, 0.3) is 0 Å². The van der Waals surface area contributed by atoms with Gasteiger partial charge in [0, 0.05) is 29.7 Å². The Balaban J connectivity index is 1.83. The third-order valence-corrected chi connectivity index (χ3v) is 18.2. The molecule has 0 bridgehead atoms. The second-order valence-electron chi connectivity index (χ2n) is 15.8. The largest absolute Gasteiger partial charge is 0.497 e. The number of amidine groups is 1. The lowest BCUT2D eigenvalue weighted by Gasteiger charge is -2.39. The molecule has 0 saturated carbocycles. The molecule has 19 heteroatoms. The van der Waals surface area contributed by atoms with E-state index in [1.165, 1.54) is 30.7 Å². The summed E-state index contributed by atoms with van der Waals surface area (Å²) < 4.78 is 86.6. The fraction of sp³-hybridized carbons (Fsp3) is 0.474. The van der Waals surface area contributed by atoms with Gasteiger partial charge in [0.2, 0.25) is 20.0 Å². The first-order valence-corrected chi connectivity index (χ1v) is 25.0. The molecule has 1 atom stereocenters. The number of alkyl carbamates (subject to hydrolysis) is 1. The number of carbonyl (C=O) groups excluding carboxylic acids is 1. The highest BCUT2D eigenvalue weighted by Gasteiger charge is 2.41. The van der Waals surface area contributed by atoms with Crippen LogP contribution in [0.15, 0.2) is 85.7 Å². The van der Waals surface area contributed by atoms with Crippen molar-refractivity contribution in [2.75, 3.05) is 34.0 Å². The zero-order chi connectivity index (χ0) is 42.4. The highest BCUT2D eigenvalue weighted by molar-refractivity contribution is 14.1. The molecule has 1 aliphatic heterocycles. The summed E-state index contributed by atoms with van der Waals surface area (Å²) in [7, 11) is -8.77. The van der Waals surface area contributed by atoms with Crippen molar-refractivity contribution in [3.8, 4) is 11.5 Å². The van der Waals surface area contributed by atoms with Crippen molar-refractivity contribution >= 4 is 62.9 Å². The molecule has 1 amide bonds. The monoisotopic (exact) mass is 956 g/mol. The number of rotatable bonds is 17. The molecule has 1 heterocycles. The minimum Gasteiger partial charge on any atom is -0.497 e. The Kier molecular flexibility index (Phi) is 15.1. The average molecular weight is 957 g/mol. The lowest BCUT2D eigenvalue weighted by Crippen LogP contribution is -2.51. The number of benzene rings is 3. The summed E-state index contributed by atoms with van der Waals surface area (Å²) in [6.07, 6.45) is -1.53. The summed E-state index contributed by atoms with van der Waals surface area (Å²) in [4.78, 5) is 16.0. The summed E-state index contributed by atoms with van der Waals surface area (Å²) in [5, 5.41) is 10.5.